The van der Waals surface area contributed by atoms with E-state index in [0.717, 1.165) is 12.8 Å². The molecule has 1 unspecified atom stereocenters. The fourth-order valence-corrected chi connectivity index (χ4v) is 2.49. The number of sulfonamides is 1. The number of nitrogens with one attached hydrogen (secondary N) is 1. The van der Waals surface area contributed by atoms with E-state index in [2.05, 4.69) is 4.72 Å². The molecule has 1 fully saturated rings. The third kappa shape index (κ3) is 6.85. The summed E-state index contributed by atoms with van der Waals surface area (Å²) in [5, 5.41) is 9.40. The topological polar surface area (TPSA) is 66.4 Å². The summed E-state index contributed by atoms with van der Waals surface area (Å²) in [6, 6.07) is 0. The van der Waals surface area contributed by atoms with Crippen molar-refractivity contribution in [1.82, 2.24) is 4.72 Å². The Kier molecular flexibility index (Phi) is 4.79. The molecule has 0 aromatic carbocycles. The first-order chi connectivity index (χ1) is 7.70. The number of aliphatic hydroxyl groups is 1. The van der Waals surface area contributed by atoms with E-state index in [4.69, 9.17) is 0 Å². The van der Waals surface area contributed by atoms with Crippen LogP contribution in [0.25, 0.3) is 0 Å². The summed E-state index contributed by atoms with van der Waals surface area (Å²) in [5.41, 5.74) is 0. The Morgan fingerprint density at radius 2 is 1.94 bits per heavy atom. The molecule has 1 aliphatic rings. The summed E-state index contributed by atoms with van der Waals surface area (Å²) in [7, 11) is -3.71. The van der Waals surface area contributed by atoms with E-state index in [1.165, 1.54) is 0 Å². The highest BCUT2D eigenvalue weighted by Crippen LogP contribution is 2.32. The molecule has 17 heavy (non-hydrogen) atoms. The SMILES string of the molecule is O=S(=O)(CCCC(F)(F)F)NCC(O)C1CC1. The predicted molar refractivity (Wildman–Crippen MR) is 55.8 cm³/mol. The lowest BCUT2D eigenvalue weighted by Gasteiger charge is -2.11. The normalized spacial score (nSPS) is 19.3. The molecule has 2 N–H and O–H groups in total. The highest BCUT2D eigenvalue weighted by atomic mass is 32.2. The Balaban J connectivity index is 2.21. The zero-order valence-corrected chi connectivity index (χ0v) is 10.0. The van der Waals surface area contributed by atoms with Gasteiger partial charge in [0.05, 0.1) is 11.9 Å². The second-order valence-electron chi connectivity index (χ2n) is 4.29. The minimum atomic E-state index is -4.33. The molecule has 0 heterocycles. The Labute approximate surface area is 98.3 Å². The number of aliphatic hydroxyl groups excluding tert-OH is 1. The van der Waals surface area contributed by atoms with Crippen LogP contribution in [-0.4, -0.2) is 38.1 Å². The van der Waals surface area contributed by atoms with Crippen LogP contribution in [0.15, 0.2) is 0 Å². The molecule has 4 nitrogen and oxygen atoms in total. The number of hydrogen-bond acceptors (Lipinski definition) is 3. The van der Waals surface area contributed by atoms with Crippen LogP contribution in [0, 0.1) is 5.92 Å². The van der Waals surface area contributed by atoms with Crippen molar-refractivity contribution >= 4 is 10.0 Å². The van der Waals surface area contributed by atoms with Gasteiger partial charge in [0, 0.05) is 13.0 Å². The second-order valence-corrected chi connectivity index (χ2v) is 6.22. The first-order valence-electron chi connectivity index (χ1n) is 5.42. The Bertz CT molecular complexity index is 338. The van der Waals surface area contributed by atoms with Gasteiger partial charge < -0.3 is 5.11 Å². The molecule has 1 aliphatic carbocycles. The third-order valence-corrected chi connectivity index (χ3v) is 3.98. The van der Waals surface area contributed by atoms with E-state index in [1.54, 1.807) is 0 Å². The summed E-state index contributed by atoms with van der Waals surface area (Å²) in [6.45, 7) is -0.112. The molecule has 1 rings (SSSR count). The molecule has 0 bridgehead atoms. The second kappa shape index (κ2) is 5.53. The first-order valence-corrected chi connectivity index (χ1v) is 7.07. The van der Waals surface area contributed by atoms with Crippen LogP contribution in [0.4, 0.5) is 13.2 Å². The van der Waals surface area contributed by atoms with Crippen molar-refractivity contribution in [2.45, 2.75) is 38.0 Å². The molecule has 0 aromatic heterocycles. The van der Waals surface area contributed by atoms with Crippen LogP contribution in [0.3, 0.4) is 0 Å². The largest absolute Gasteiger partial charge is 0.391 e. The lowest BCUT2D eigenvalue weighted by Crippen LogP contribution is -2.34. The van der Waals surface area contributed by atoms with E-state index in [1.807, 2.05) is 0 Å². The van der Waals surface area contributed by atoms with Crippen molar-refractivity contribution in [3.8, 4) is 0 Å². The molecular formula is C9H16F3NO3S. The van der Waals surface area contributed by atoms with Gasteiger partial charge in [-0.05, 0) is 25.2 Å². The van der Waals surface area contributed by atoms with Gasteiger partial charge in [0.15, 0.2) is 0 Å². The maximum absolute atomic E-state index is 11.8. The molecule has 0 saturated heterocycles. The Morgan fingerprint density at radius 3 is 2.41 bits per heavy atom. The van der Waals surface area contributed by atoms with E-state index >= 15 is 0 Å². The molecule has 1 atom stereocenters. The summed E-state index contributed by atoms with van der Waals surface area (Å²) >= 11 is 0. The van der Waals surface area contributed by atoms with Gasteiger partial charge in [0.2, 0.25) is 10.0 Å². The van der Waals surface area contributed by atoms with Gasteiger partial charge >= 0.3 is 6.18 Å². The van der Waals surface area contributed by atoms with E-state index in [0.29, 0.717) is 0 Å². The highest BCUT2D eigenvalue weighted by Gasteiger charge is 2.31. The number of alkyl halides is 3. The van der Waals surface area contributed by atoms with E-state index in [9.17, 15) is 26.7 Å². The van der Waals surface area contributed by atoms with Crippen molar-refractivity contribution in [1.29, 1.82) is 0 Å². The Hall–Kier alpha value is -0.340. The number of halogens is 3. The number of rotatable bonds is 7. The van der Waals surface area contributed by atoms with Crippen molar-refractivity contribution in [2.75, 3.05) is 12.3 Å². The van der Waals surface area contributed by atoms with Gasteiger partial charge in [0.25, 0.3) is 0 Å². The van der Waals surface area contributed by atoms with E-state index < -0.39 is 40.9 Å². The van der Waals surface area contributed by atoms with Gasteiger partial charge in [-0.2, -0.15) is 13.2 Å². The summed E-state index contributed by atoms with van der Waals surface area (Å²) in [5.74, 6) is -0.433. The zero-order valence-electron chi connectivity index (χ0n) is 9.20. The van der Waals surface area contributed by atoms with Crippen LogP contribution in [0.1, 0.15) is 25.7 Å². The maximum atomic E-state index is 11.8. The third-order valence-electron chi connectivity index (χ3n) is 2.55. The number of hydrogen-bond donors (Lipinski definition) is 2. The van der Waals surface area contributed by atoms with Crippen LogP contribution < -0.4 is 4.72 Å². The summed E-state index contributed by atoms with van der Waals surface area (Å²) in [6.07, 6.45) is -4.89. The van der Waals surface area contributed by atoms with Crippen LogP contribution in [-0.2, 0) is 10.0 Å². The minimum Gasteiger partial charge on any atom is -0.391 e. The van der Waals surface area contributed by atoms with Gasteiger partial charge in [-0.15, -0.1) is 0 Å². The summed E-state index contributed by atoms with van der Waals surface area (Å²) < 4.78 is 60.1. The van der Waals surface area contributed by atoms with Crippen LogP contribution >= 0.6 is 0 Å². The highest BCUT2D eigenvalue weighted by molar-refractivity contribution is 7.89. The maximum Gasteiger partial charge on any atom is 0.389 e. The van der Waals surface area contributed by atoms with Crippen molar-refractivity contribution in [2.24, 2.45) is 5.92 Å². The molecule has 0 radical (unpaired) electrons. The molecule has 0 amide bonds. The predicted octanol–water partition coefficient (Wildman–Crippen LogP) is 1.02. The first kappa shape index (κ1) is 14.7. The molecular weight excluding hydrogens is 259 g/mol. The fraction of sp³-hybridized carbons (Fsp3) is 1.00. The minimum absolute atomic E-state index is 0.112. The van der Waals surface area contributed by atoms with Crippen molar-refractivity contribution in [3.63, 3.8) is 0 Å². The zero-order chi connectivity index (χ0) is 13.1. The monoisotopic (exact) mass is 275 g/mol. The standard InChI is InChI=1S/C9H16F3NO3S/c10-9(11,12)4-1-5-17(15,16)13-6-8(14)7-2-3-7/h7-8,13-14H,1-6H2. The molecule has 1 saturated carbocycles. The van der Waals surface area contributed by atoms with Gasteiger partial charge in [-0.3, -0.25) is 0 Å². The van der Waals surface area contributed by atoms with Crippen LogP contribution in [0.2, 0.25) is 0 Å². The van der Waals surface area contributed by atoms with Gasteiger partial charge in [-0.1, -0.05) is 0 Å². The fourth-order valence-electron chi connectivity index (χ4n) is 1.39. The quantitative estimate of drug-likeness (QED) is 0.729. The molecule has 0 aliphatic heterocycles. The average Bonchev–Trinajstić information content (AvgIpc) is 2.94. The van der Waals surface area contributed by atoms with E-state index in [-0.39, 0.29) is 12.5 Å². The molecule has 102 valence electrons. The molecule has 0 spiro atoms. The lowest BCUT2D eigenvalue weighted by atomic mass is 10.2. The smallest absolute Gasteiger partial charge is 0.389 e. The van der Waals surface area contributed by atoms with Gasteiger partial charge in [-0.25, -0.2) is 13.1 Å². The van der Waals surface area contributed by atoms with Gasteiger partial charge in [0.1, 0.15) is 0 Å². The van der Waals surface area contributed by atoms with Crippen molar-refractivity contribution in [3.05, 3.63) is 0 Å². The average molecular weight is 275 g/mol. The molecule has 0 aromatic rings. The summed E-state index contributed by atoms with van der Waals surface area (Å²) in [4.78, 5) is 0. The Morgan fingerprint density at radius 1 is 1.35 bits per heavy atom. The molecule has 8 heteroatoms. The van der Waals surface area contributed by atoms with Crippen LogP contribution in [0.5, 0.6) is 0 Å². The van der Waals surface area contributed by atoms with Crippen molar-refractivity contribution < 1.29 is 26.7 Å². The lowest BCUT2D eigenvalue weighted by molar-refractivity contribution is -0.134.